The molecule has 0 atom stereocenters. The molecule has 12 heteroatoms. The van der Waals surface area contributed by atoms with E-state index in [1.807, 2.05) is 0 Å². The van der Waals surface area contributed by atoms with Gasteiger partial charge in [-0.1, -0.05) is 13.3 Å². The van der Waals surface area contributed by atoms with Gasteiger partial charge in [0.1, 0.15) is 0 Å². The fraction of sp³-hybridized carbons (Fsp3) is 0.800. The predicted molar refractivity (Wildman–Crippen MR) is 131 cm³/mol. The molecule has 6 nitrogen and oxygen atoms in total. The first-order chi connectivity index (χ1) is 12.1. The molecule has 0 aromatic heterocycles. The van der Waals surface area contributed by atoms with Crippen molar-refractivity contribution in [3.05, 3.63) is 10.5 Å². The van der Waals surface area contributed by atoms with Crippen molar-refractivity contribution < 1.29 is 22.2 Å². The van der Waals surface area contributed by atoms with Crippen LogP contribution in [0.25, 0.3) is 0 Å². The topological polar surface area (TPSA) is 68.2 Å². The van der Waals surface area contributed by atoms with Gasteiger partial charge in [-0.25, -0.2) is 4.79 Å². The molecule has 0 saturated heterocycles. The lowest BCUT2D eigenvalue weighted by atomic mass is 10.3. The standard InChI is InChI=1S/C15H41NO5Si6/c1-11-12-13(22-19-25(2,3)4)14(23-20-26(5,6)7)16(15(17)18)24-21-27(8,9)10/h11-12,22-24H2,1-10H3,(H,17,18). The molecule has 0 aliphatic heterocycles. The highest BCUT2D eigenvalue weighted by Gasteiger charge is 2.27. The van der Waals surface area contributed by atoms with Crippen molar-refractivity contribution in [2.75, 3.05) is 0 Å². The van der Waals surface area contributed by atoms with Gasteiger partial charge in [0.2, 0.25) is 0 Å². The Bertz CT molecular complexity index is 510. The van der Waals surface area contributed by atoms with E-state index in [1.54, 1.807) is 4.57 Å². The van der Waals surface area contributed by atoms with Gasteiger partial charge in [-0.2, -0.15) is 0 Å². The Labute approximate surface area is 176 Å². The van der Waals surface area contributed by atoms with Crippen molar-refractivity contribution in [2.45, 2.75) is 78.7 Å². The van der Waals surface area contributed by atoms with Gasteiger partial charge in [-0.15, -0.1) is 0 Å². The molecule has 0 bridgehead atoms. The van der Waals surface area contributed by atoms with Crippen LogP contribution in [0.3, 0.4) is 0 Å². The Morgan fingerprint density at radius 2 is 1.30 bits per heavy atom. The molecular formula is C15H41NO5Si6. The first kappa shape index (κ1) is 27.2. The van der Waals surface area contributed by atoms with Gasteiger partial charge in [0.15, 0.2) is 44.5 Å². The summed E-state index contributed by atoms with van der Waals surface area (Å²) in [6, 6.07) is 0. The highest BCUT2D eigenvalue weighted by molar-refractivity contribution is 6.77. The molecule has 0 spiro atoms. The lowest BCUT2D eigenvalue weighted by molar-refractivity contribution is 0.178. The van der Waals surface area contributed by atoms with Gasteiger partial charge in [0.25, 0.3) is 9.92 Å². The first-order valence-corrected chi connectivity index (χ1v) is 23.7. The highest BCUT2D eigenvalue weighted by Crippen LogP contribution is 2.19. The minimum Gasteiger partial charge on any atom is -0.465 e. The van der Waals surface area contributed by atoms with Crippen LogP contribution >= 0.6 is 0 Å². The number of hydrogen-bond acceptors (Lipinski definition) is 4. The van der Waals surface area contributed by atoms with E-state index in [4.69, 9.17) is 12.3 Å². The number of hydrogen-bond donors (Lipinski definition) is 1. The number of amides is 1. The predicted octanol–water partition coefficient (Wildman–Crippen LogP) is 2.66. The van der Waals surface area contributed by atoms with Crippen LogP contribution in [0.1, 0.15) is 19.8 Å². The van der Waals surface area contributed by atoms with Gasteiger partial charge in [0, 0.05) is 5.32 Å². The lowest BCUT2D eigenvalue weighted by Gasteiger charge is -2.31. The largest absolute Gasteiger partial charge is 0.465 e. The second-order valence-electron chi connectivity index (χ2n) is 9.70. The molecule has 0 aliphatic carbocycles. The Morgan fingerprint density at radius 3 is 1.67 bits per heavy atom. The van der Waals surface area contributed by atoms with Gasteiger partial charge >= 0.3 is 6.09 Å². The molecule has 160 valence electrons. The van der Waals surface area contributed by atoms with Crippen molar-refractivity contribution in [1.82, 2.24) is 4.57 Å². The number of allylic oxidation sites excluding steroid dienone is 1. The van der Waals surface area contributed by atoms with Crippen LogP contribution in [0.15, 0.2) is 10.5 Å². The molecule has 0 aromatic carbocycles. The summed E-state index contributed by atoms with van der Waals surface area (Å²) in [6.07, 6.45) is 1.00. The quantitative estimate of drug-likeness (QED) is 0.432. The summed E-state index contributed by atoms with van der Waals surface area (Å²) in [7, 11) is -8.56. The summed E-state index contributed by atoms with van der Waals surface area (Å²) in [5.74, 6) is 0. The maximum absolute atomic E-state index is 12.1. The van der Waals surface area contributed by atoms with Crippen LogP contribution in [0.4, 0.5) is 4.79 Å². The van der Waals surface area contributed by atoms with Gasteiger partial charge in [-0.3, -0.25) is 4.57 Å². The van der Waals surface area contributed by atoms with Crippen LogP contribution in [0.2, 0.25) is 58.9 Å². The molecule has 0 fully saturated rings. The lowest BCUT2D eigenvalue weighted by Crippen LogP contribution is -2.44. The van der Waals surface area contributed by atoms with Gasteiger partial charge < -0.3 is 17.5 Å². The average Bonchev–Trinajstić information content (AvgIpc) is 2.43. The monoisotopic (exact) mass is 483 g/mol. The number of rotatable bonds is 12. The van der Waals surface area contributed by atoms with E-state index in [1.165, 1.54) is 5.20 Å². The zero-order valence-corrected chi connectivity index (χ0v) is 26.3. The van der Waals surface area contributed by atoms with Crippen molar-refractivity contribution in [2.24, 2.45) is 0 Å². The molecule has 1 amide bonds. The second kappa shape index (κ2) is 11.4. The van der Waals surface area contributed by atoms with Gasteiger partial charge in [-0.05, 0) is 70.5 Å². The summed E-state index contributed by atoms with van der Waals surface area (Å²) >= 11 is 0. The number of carboxylic acid groups (broad SMARTS) is 1. The Morgan fingerprint density at radius 1 is 0.852 bits per heavy atom. The zero-order chi connectivity index (χ0) is 21.5. The van der Waals surface area contributed by atoms with Crippen LogP contribution in [0, 0.1) is 0 Å². The molecule has 0 rings (SSSR count). The summed E-state index contributed by atoms with van der Waals surface area (Å²) in [6.45, 7) is 21.5. The van der Waals surface area contributed by atoms with E-state index in [0.717, 1.165) is 18.2 Å². The average molecular weight is 484 g/mol. The maximum Gasteiger partial charge on any atom is 0.404 e. The van der Waals surface area contributed by atoms with Crippen LogP contribution < -0.4 is 0 Å². The van der Waals surface area contributed by atoms with E-state index >= 15 is 0 Å². The molecule has 1 N–H and O–H groups in total. The van der Waals surface area contributed by atoms with Crippen molar-refractivity contribution in [3.8, 4) is 0 Å². The maximum atomic E-state index is 12.1. The molecule has 0 aromatic rings. The fourth-order valence-corrected chi connectivity index (χ4v) is 12.2. The van der Waals surface area contributed by atoms with Crippen molar-refractivity contribution in [3.63, 3.8) is 0 Å². The van der Waals surface area contributed by atoms with Crippen LogP contribution in [-0.2, 0) is 12.3 Å². The molecule has 0 saturated carbocycles. The van der Waals surface area contributed by atoms with Crippen LogP contribution in [0.5, 0.6) is 0 Å². The van der Waals surface area contributed by atoms with E-state index in [2.05, 4.69) is 65.8 Å². The minimum atomic E-state index is -1.77. The highest BCUT2D eigenvalue weighted by atomic mass is 28.4. The first-order valence-electron chi connectivity index (χ1n) is 9.69. The second-order valence-corrected chi connectivity index (χ2v) is 28.8. The third kappa shape index (κ3) is 13.9. The van der Waals surface area contributed by atoms with E-state index < -0.39 is 60.5 Å². The smallest absolute Gasteiger partial charge is 0.404 e. The summed E-state index contributed by atoms with van der Waals surface area (Å²) < 4.78 is 20.2. The fourth-order valence-electron chi connectivity index (χ4n) is 2.07. The summed E-state index contributed by atoms with van der Waals surface area (Å²) in [5.41, 5.74) is 0. The van der Waals surface area contributed by atoms with Gasteiger partial charge in [0.05, 0.1) is 0 Å². The molecule has 0 unspecified atom stereocenters. The Balaban J connectivity index is 5.88. The molecule has 0 aliphatic rings. The Hall–Kier alpha value is 0.191. The third-order valence-corrected chi connectivity index (χ3v) is 19.7. The van der Waals surface area contributed by atoms with E-state index in [0.29, 0.717) is 0 Å². The normalized spacial score (nSPS) is 15.5. The summed E-state index contributed by atoms with van der Waals surface area (Å²) in [5, 5.41) is 12.1. The Kier molecular flexibility index (Phi) is 11.5. The molecule has 0 heterocycles. The summed E-state index contributed by atoms with van der Waals surface area (Å²) in [4.78, 5) is 12.1. The molecular weight excluding hydrogens is 443 g/mol. The zero-order valence-electron chi connectivity index (χ0n) is 19.1. The third-order valence-electron chi connectivity index (χ3n) is 3.46. The number of nitrogens with zero attached hydrogens (tertiary/aromatic N) is 1. The SMILES string of the molecule is CCCC([SiH2]O[Si](C)(C)C)=C([SiH2]O[Si](C)(C)C)N([SiH2]O[Si](C)(C)C)C(=O)O. The molecule has 0 radical (unpaired) electrons. The molecule has 27 heavy (non-hydrogen) atoms. The van der Waals surface area contributed by atoms with E-state index in [9.17, 15) is 9.90 Å². The van der Waals surface area contributed by atoms with Crippen molar-refractivity contribution >= 4 is 60.5 Å². The number of carbonyl (C=O) groups is 1. The van der Waals surface area contributed by atoms with E-state index in [-0.39, 0.29) is 0 Å². The van der Waals surface area contributed by atoms with Crippen LogP contribution in [-0.4, -0.2) is 70.2 Å². The minimum absolute atomic E-state index is 0.891. The van der Waals surface area contributed by atoms with Crippen molar-refractivity contribution in [1.29, 1.82) is 0 Å².